The summed E-state index contributed by atoms with van der Waals surface area (Å²) in [5.74, 6) is 0.628. The van der Waals surface area contributed by atoms with Crippen molar-refractivity contribution in [1.29, 1.82) is 0 Å². The van der Waals surface area contributed by atoms with Crippen molar-refractivity contribution in [2.24, 2.45) is 0 Å². The van der Waals surface area contributed by atoms with Gasteiger partial charge in [0.15, 0.2) is 5.76 Å². The van der Waals surface area contributed by atoms with E-state index in [0.717, 1.165) is 11.1 Å². The van der Waals surface area contributed by atoms with Gasteiger partial charge < -0.3 is 19.1 Å². The van der Waals surface area contributed by atoms with Gasteiger partial charge in [-0.15, -0.1) is 0 Å². The summed E-state index contributed by atoms with van der Waals surface area (Å²) < 4.78 is 15.6. The number of carbonyl (C=O) groups excluding carboxylic acids is 1. The molecule has 0 radical (unpaired) electrons. The fraction of sp³-hybridized carbons (Fsp3) is 0.115. The molecule has 0 fully saturated rings. The van der Waals surface area contributed by atoms with Gasteiger partial charge in [-0.1, -0.05) is 71.4 Å². The van der Waals surface area contributed by atoms with E-state index in [4.69, 9.17) is 26.0 Å². The number of amides is 1. The quantitative estimate of drug-likeness (QED) is 0.214. The van der Waals surface area contributed by atoms with E-state index in [0.29, 0.717) is 33.3 Å². The second kappa shape index (κ2) is 10.3. The van der Waals surface area contributed by atoms with Crippen LogP contribution in [0.25, 0.3) is 22.5 Å². The number of nitrogens with zero attached hydrogens (tertiary/aromatic N) is 1. The molecule has 0 aliphatic carbocycles. The van der Waals surface area contributed by atoms with Crippen molar-refractivity contribution < 1.29 is 28.7 Å². The molecule has 178 valence electrons. The molecule has 9 heteroatoms. The number of aryl methyl sites for hydroxylation is 1. The minimum Gasteiger partial charge on any atom is -0.449 e. The highest BCUT2D eigenvalue weighted by atomic mass is 35.5. The van der Waals surface area contributed by atoms with E-state index < -0.39 is 18.4 Å². The van der Waals surface area contributed by atoms with Gasteiger partial charge in [-0.2, -0.15) is 0 Å². The van der Waals surface area contributed by atoms with Crippen molar-refractivity contribution in [1.82, 2.24) is 5.16 Å². The fourth-order valence-electron chi connectivity index (χ4n) is 3.50. The molecule has 8 nitrogen and oxygen atoms in total. The number of carboxylic acid groups (broad SMARTS) is 1. The average molecular weight is 493 g/mol. The van der Waals surface area contributed by atoms with Crippen LogP contribution in [0.2, 0.25) is 5.02 Å². The van der Waals surface area contributed by atoms with Crippen LogP contribution >= 0.6 is 11.6 Å². The highest BCUT2D eigenvalue weighted by molar-refractivity contribution is 6.31. The smallest absolute Gasteiger partial charge is 0.449 e. The zero-order valence-electron chi connectivity index (χ0n) is 18.8. The van der Waals surface area contributed by atoms with Crippen LogP contribution in [0.5, 0.6) is 5.75 Å². The standard InChI is InChI=1S/C26H21ClN2O6/c1-15-23(28-25(30)33-16(2)21-5-3-4-6-22(21)27)24(35-29-15)19-9-7-17(8-10-19)18-11-13-20(14-12-18)34-26(31)32/h3-14,16H,1-2H3,(H,28,30)(H,31,32)/t16-/m1/s1. The van der Waals surface area contributed by atoms with E-state index in [9.17, 15) is 9.59 Å². The zero-order valence-corrected chi connectivity index (χ0v) is 19.6. The van der Waals surface area contributed by atoms with Crippen molar-refractivity contribution >= 4 is 29.5 Å². The normalized spacial score (nSPS) is 11.5. The first kappa shape index (κ1) is 23.8. The summed E-state index contributed by atoms with van der Waals surface area (Å²) in [6, 6.07) is 21.3. The minimum atomic E-state index is -1.36. The first-order chi connectivity index (χ1) is 16.8. The second-order valence-corrected chi connectivity index (χ2v) is 8.04. The summed E-state index contributed by atoms with van der Waals surface area (Å²) in [4.78, 5) is 23.2. The monoisotopic (exact) mass is 492 g/mol. The van der Waals surface area contributed by atoms with Crippen LogP contribution in [0.1, 0.15) is 24.3 Å². The van der Waals surface area contributed by atoms with E-state index in [-0.39, 0.29) is 5.75 Å². The van der Waals surface area contributed by atoms with Crippen LogP contribution in [0, 0.1) is 6.92 Å². The molecule has 0 spiro atoms. The number of halogens is 1. The lowest BCUT2D eigenvalue weighted by atomic mass is 10.0. The Morgan fingerprint density at radius 3 is 2.20 bits per heavy atom. The molecule has 1 aromatic heterocycles. The molecule has 0 bridgehead atoms. The number of rotatable bonds is 6. The number of aromatic nitrogens is 1. The highest BCUT2D eigenvalue weighted by Crippen LogP contribution is 2.33. The lowest BCUT2D eigenvalue weighted by molar-refractivity contribution is 0.121. The summed E-state index contributed by atoms with van der Waals surface area (Å²) in [5, 5.41) is 15.9. The molecule has 0 unspecified atom stereocenters. The maximum atomic E-state index is 12.6. The molecular formula is C26H21ClN2O6. The predicted molar refractivity (Wildman–Crippen MR) is 131 cm³/mol. The molecule has 0 saturated heterocycles. The van der Waals surface area contributed by atoms with Gasteiger partial charge in [-0.3, -0.25) is 5.32 Å². The summed E-state index contributed by atoms with van der Waals surface area (Å²) in [6.07, 6.45) is -2.58. The Labute approximate surface area is 206 Å². The molecule has 0 aliphatic heterocycles. The van der Waals surface area contributed by atoms with Gasteiger partial charge in [0.25, 0.3) is 0 Å². The van der Waals surface area contributed by atoms with Gasteiger partial charge in [-0.25, -0.2) is 9.59 Å². The third kappa shape index (κ3) is 5.62. The number of carbonyl (C=O) groups is 2. The molecule has 0 saturated carbocycles. The summed E-state index contributed by atoms with van der Waals surface area (Å²) >= 11 is 6.19. The van der Waals surface area contributed by atoms with Gasteiger partial charge in [0.05, 0.1) is 0 Å². The molecule has 35 heavy (non-hydrogen) atoms. The maximum absolute atomic E-state index is 12.6. The zero-order chi connectivity index (χ0) is 24.9. The van der Waals surface area contributed by atoms with Crippen LogP contribution in [0.3, 0.4) is 0 Å². The van der Waals surface area contributed by atoms with Crippen molar-refractivity contribution in [3.63, 3.8) is 0 Å². The van der Waals surface area contributed by atoms with E-state index in [2.05, 4.69) is 15.2 Å². The van der Waals surface area contributed by atoms with Gasteiger partial charge in [0.2, 0.25) is 0 Å². The summed E-state index contributed by atoms with van der Waals surface area (Å²) in [5.41, 5.74) is 4.08. The number of nitrogens with one attached hydrogen (secondary N) is 1. The number of anilines is 1. The SMILES string of the molecule is Cc1noc(-c2ccc(-c3ccc(OC(=O)O)cc3)cc2)c1NC(=O)O[C@H](C)c1ccccc1Cl. The molecule has 3 aromatic carbocycles. The molecule has 1 amide bonds. The van der Waals surface area contributed by atoms with E-state index in [1.54, 1.807) is 56.3 Å². The summed E-state index contributed by atoms with van der Waals surface area (Å²) in [6.45, 7) is 3.45. The maximum Gasteiger partial charge on any atom is 0.511 e. The average Bonchev–Trinajstić information content (AvgIpc) is 3.19. The number of hydrogen-bond donors (Lipinski definition) is 2. The number of benzene rings is 3. The Morgan fingerprint density at radius 1 is 0.971 bits per heavy atom. The van der Waals surface area contributed by atoms with Gasteiger partial charge in [0, 0.05) is 16.1 Å². The van der Waals surface area contributed by atoms with E-state index in [1.165, 1.54) is 0 Å². The Kier molecular flexibility index (Phi) is 7.03. The van der Waals surface area contributed by atoms with Gasteiger partial charge >= 0.3 is 12.2 Å². The lowest BCUT2D eigenvalue weighted by Gasteiger charge is -2.15. The Balaban J connectivity index is 1.48. The molecular weight excluding hydrogens is 472 g/mol. The van der Waals surface area contributed by atoms with Crippen LogP contribution in [0.4, 0.5) is 15.3 Å². The highest BCUT2D eigenvalue weighted by Gasteiger charge is 2.20. The third-order valence-electron chi connectivity index (χ3n) is 5.26. The third-order valence-corrected chi connectivity index (χ3v) is 5.60. The number of hydrogen-bond acceptors (Lipinski definition) is 6. The van der Waals surface area contributed by atoms with Gasteiger partial charge in [0.1, 0.15) is 23.2 Å². The molecule has 4 aromatic rings. The first-order valence-electron chi connectivity index (χ1n) is 10.6. The van der Waals surface area contributed by atoms with Gasteiger partial charge in [-0.05, 0) is 43.2 Å². The van der Waals surface area contributed by atoms with Crippen molar-refractivity contribution in [3.05, 3.63) is 89.1 Å². The first-order valence-corrected chi connectivity index (χ1v) is 11.0. The van der Waals surface area contributed by atoms with Crippen molar-refractivity contribution in [3.8, 4) is 28.2 Å². The Hall–Kier alpha value is -4.30. The topological polar surface area (TPSA) is 111 Å². The van der Waals surface area contributed by atoms with E-state index >= 15 is 0 Å². The van der Waals surface area contributed by atoms with Crippen LogP contribution < -0.4 is 10.1 Å². The summed E-state index contributed by atoms with van der Waals surface area (Å²) in [7, 11) is 0. The van der Waals surface area contributed by atoms with Crippen LogP contribution in [-0.2, 0) is 4.74 Å². The van der Waals surface area contributed by atoms with Crippen LogP contribution in [-0.4, -0.2) is 22.5 Å². The molecule has 2 N–H and O–H groups in total. The molecule has 0 aliphatic rings. The van der Waals surface area contributed by atoms with Crippen LogP contribution in [0.15, 0.2) is 77.3 Å². The fourth-order valence-corrected chi connectivity index (χ4v) is 3.79. The Bertz CT molecular complexity index is 1350. The molecule has 1 atom stereocenters. The number of ether oxygens (including phenoxy) is 2. The van der Waals surface area contributed by atoms with E-state index in [1.807, 2.05) is 30.3 Å². The van der Waals surface area contributed by atoms with Crippen molar-refractivity contribution in [2.75, 3.05) is 5.32 Å². The second-order valence-electron chi connectivity index (χ2n) is 7.64. The predicted octanol–water partition coefficient (Wildman–Crippen LogP) is 7.34. The molecule has 1 heterocycles. The van der Waals surface area contributed by atoms with Crippen molar-refractivity contribution in [2.45, 2.75) is 20.0 Å². The Morgan fingerprint density at radius 2 is 1.57 bits per heavy atom. The largest absolute Gasteiger partial charge is 0.511 e. The molecule has 4 rings (SSSR count). The lowest BCUT2D eigenvalue weighted by Crippen LogP contribution is -2.17. The minimum absolute atomic E-state index is 0.237.